The van der Waals surface area contributed by atoms with E-state index in [1.165, 1.54) is 34.7 Å². The Morgan fingerprint density at radius 1 is 1.32 bits per heavy atom. The van der Waals surface area contributed by atoms with Crippen LogP contribution in [0.3, 0.4) is 0 Å². The lowest BCUT2D eigenvalue weighted by Gasteiger charge is -2.28. The van der Waals surface area contributed by atoms with Crippen LogP contribution >= 0.6 is 22.9 Å². The smallest absolute Gasteiger partial charge is 0.410 e. The minimum absolute atomic E-state index is 0.185. The topological polar surface area (TPSA) is 96.8 Å². The van der Waals surface area contributed by atoms with Gasteiger partial charge in [-0.1, -0.05) is 35.6 Å². The molecule has 2 aromatic heterocycles. The van der Waals surface area contributed by atoms with Gasteiger partial charge in [-0.05, 0) is 55.8 Å². The number of carboxylic acid groups (broad SMARTS) is 1. The molecule has 5 rings (SSSR count). The molecule has 4 aromatic rings. The van der Waals surface area contributed by atoms with Gasteiger partial charge >= 0.3 is 6.09 Å². The molecule has 3 heterocycles. The SMILES string of the molecule is CC1(C)OC[C@H](C#Cc2cc3ncnc(Nc4ccc(OCc5cccc(F)c5)c(Cl)c4)c3s2)N1C(=O)O. The van der Waals surface area contributed by atoms with Crippen LogP contribution in [0.2, 0.25) is 5.02 Å². The summed E-state index contributed by atoms with van der Waals surface area (Å²) in [6, 6.07) is 12.7. The van der Waals surface area contributed by atoms with E-state index >= 15 is 0 Å². The zero-order valence-electron chi connectivity index (χ0n) is 20.4. The minimum atomic E-state index is -1.08. The number of benzene rings is 2. The number of aromatic nitrogens is 2. The van der Waals surface area contributed by atoms with Gasteiger partial charge < -0.3 is 19.9 Å². The molecular weight excluding hydrogens is 531 g/mol. The number of carbonyl (C=O) groups is 1. The molecule has 194 valence electrons. The minimum Gasteiger partial charge on any atom is -0.487 e. The summed E-state index contributed by atoms with van der Waals surface area (Å²) >= 11 is 7.82. The van der Waals surface area contributed by atoms with Gasteiger partial charge in [-0.2, -0.15) is 0 Å². The van der Waals surface area contributed by atoms with Crippen molar-refractivity contribution in [3.05, 3.63) is 76.1 Å². The Kier molecular flexibility index (Phi) is 7.08. The lowest BCUT2D eigenvalue weighted by molar-refractivity contribution is -0.0407. The number of amides is 1. The Labute approximate surface area is 227 Å². The van der Waals surface area contributed by atoms with E-state index in [9.17, 15) is 14.3 Å². The fraction of sp³-hybridized carbons (Fsp3) is 0.222. The molecule has 11 heteroatoms. The molecule has 1 fully saturated rings. The number of thiophene rings is 1. The molecular formula is C27H22ClFN4O4S. The quantitative estimate of drug-likeness (QED) is 0.281. The highest BCUT2D eigenvalue weighted by Crippen LogP contribution is 2.34. The van der Waals surface area contributed by atoms with Crippen molar-refractivity contribution in [2.45, 2.75) is 32.2 Å². The van der Waals surface area contributed by atoms with Crippen molar-refractivity contribution < 1.29 is 23.8 Å². The lowest BCUT2D eigenvalue weighted by Crippen LogP contribution is -2.46. The van der Waals surface area contributed by atoms with Crippen LogP contribution < -0.4 is 10.1 Å². The first kappa shape index (κ1) is 25.7. The van der Waals surface area contributed by atoms with Gasteiger partial charge in [0.1, 0.15) is 36.3 Å². The van der Waals surface area contributed by atoms with Crippen molar-refractivity contribution in [2.24, 2.45) is 0 Å². The third-order valence-corrected chi connectivity index (χ3v) is 7.19. The predicted molar refractivity (Wildman–Crippen MR) is 143 cm³/mol. The van der Waals surface area contributed by atoms with Gasteiger partial charge in [0.05, 0.1) is 26.7 Å². The van der Waals surface area contributed by atoms with E-state index < -0.39 is 17.9 Å². The van der Waals surface area contributed by atoms with Gasteiger partial charge in [0.25, 0.3) is 0 Å². The van der Waals surface area contributed by atoms with E-state index in [0.29, 0.717) is 33.4 Å². The summed E-state index contributed by atoms with van der Waals surface area (Å²) in [6.45, 7) is 3.78. The first-order chi connectivity index (χ1) is 18.2. The standard InChI is InChI=1S/C27H22ClFN4O4S/c1-27(2)33(26(34)35)19(14-37-27)7-8-20-12-22-24(38-20)25(31-15-30-22)32-18-6-9-23(21(28)11-18)36-13-16-4-3-5-17(29)10-16/h3-6,9-12,15,19H,13-14H2,1-2H3,(H,34,35)(H,30,31,32)/t19-/m0/s1. The first-order valence-corrected chi connectivity index (χ1v) is 12.8. The number of rotatable bonds is 5. The van der Waals surface area contributed by atoms with E-state index in [0.717, 1.165) is 9.58 Å². The Morgan fingerprint density at radius 3 is 2.92 bits per heavy atom. The number of halogens is 2. The number of anilines is 2. The van der Waals surface area contributed by atoms with Gasteiger partial charge in [0.15, 0.2) is 5.82 Å². The second-order valence-corrected chi connectivity index (χ2v) is 10.4. The van der Waals surface area contributed by atoms with Crippen molar-refractivity contribution in [2.75, 3.05) is 11.9 Å². The molecule has 0 aliphatic carbocycles. The Balaban J connectivity index is 1.32. The van der Waals surface area contributed by atoms with E-state index in [4.69, 9.17) is 21.1 Å². The molecule has 2 aromatic carbocycles. The summed E-state index contributed by atoms with van der Waals surface area (Å²) in [4.78, 5) is 22.3. The average Bonchev–Trinajstić information content (AvgIpc) is 3.42. The van der Waals surface area contributed by atoms with Crippen molar-refractivity contribution in [3.8, 4) is 17.6 Å². The highest BCUT2D eigenvalue weighted by atomic mass is 35.5. The fourth-order valence-electron chi connectivity index (χ4n) is 4.05. The highest BCUT2D eigenvalue weighted by Gasteiger charge is 2.43. The number of nitrogens with one attached hydrogen (secondary N) is 1. The predicted octanol–water partition coefficient (Wildman–Crippen LogP) is 6.27. The molecule has 0 unspecified atom stereocenters. The summed E-state index contributed by atoms with van der Waals surface area (Å²) in [6.07, 6.45) is 0.371. The Hall–Kier alpha value is -3.91. The third-order valence-electron chi connectivity index (χ3n) is 5.84. The van der Waals surface area contributed by atoms with Crippen molar-refractivity contribution >= 4 is 50.8 Å². The van der Waals surface area contributed by atoms with Crippen LogP contribution in [0.5, 0.6) is 5.75 Å². The number of hydrogen-bond donors (Lipinski definition) is 2. The largest absolute Gasteiger partial charge is 0.487 e. The zero-order valence-corrected chi connectivity index (χ0v) is 21.9. The van der Waals surface area contributed by atoms with Gasteiger partial charge in [-0.3, -0.25) is 4.90 Å². The second kappa shape index (κ2) is 10.5. The summed E-state index contributed by atoms with van der Waals surface area (Å²) < 4.78 is 25.5. The molecule has 1 atom stereocenters. The van der Waals surface area contributed by atoms with Crippen LogP contribution in [0.4, 0.5) is 20.7 Å². The van der Waals surface area contributed by atoms with Gasteiger partial charge in [0, 0.05) is 5.69 Å². The molecule has 0 saturated carbocycles. The van der Waals surface area contributed by atoms with Crippen LogP contribution in [-0.4, -0.2) is 44.4 Å². The average molecular weight is 553 g/mol. The monoisotopic (exact) mass is 552 g/mol. The number of fused-ring (bicyclic) bond motifs is 1. The normalized spacial score (nSPS) is 16.2. The van der Waals surface area contributed by atoms with E-state index in [1.807, 2.05) is 6.07 Å². The van der Waals surface area contributed by atoms with E-state index in [1.54, 1.807) is 44.2 Å². The Morgan fingerprint density at radius 2 is 2.16 bits per heavy atom. The molecule has 0 radical (unpaired) electrons. The lowest BCUT2D eigenvalue weighted by atomic mass is 10.2. The summed E-state index contributed by atoms with van der Waals surface area (Å²) in [7, 11) is 0. The van der Waals surface area contributed by atoms with Gasteiger partial charge in [-0.15, -0.1) is 11.3 Å². The Bertz CT molecular complexity index is 1580. The van der Waals surface area contributed by atoms with Crippen molar-refractivity contribution in [1.29, 1.82) is 0 Å². The maximum Gasteiger partial charge on any atom is 0.410 e. The number of hydrogen-bond acceptors (Lipinski definition) is 7. The number of ether oxygens (including phenoxy) is 2. The molecule has 1 aliphatic rings. The van der Waals surface area contributed by atoms with Gasteiger partial charge in [0.2, 0.25) is 0 Å². The summed E-state index contributed by atoms with van der Waals surface area (Å²) in [5, 5.41) is 13.2. The van der Waals surface area contributed by atoms with E-state index in [2.05, 4.69) is 27.1 Å². The summed E-state index contributed by atoms with van der Waals surface area (Å²) in [5.74, 6) is 6.80. The molecule has 0 bridgehead atoms. The molecule has 1 saturated heterocycles. The van der Waals surface area contributed by atoms with Crippen molar-refractivity contribution in [1.82, 2.24) is 14.9 Å². The van der Waals surface area contributed by atoms with Crippen LogP contribution in [0.15, 0.2) is 54.9 Å². The summed E-state index contributed by atoms with van der Waals surface area (Å²) in [5.41, 5.74) is 1.16. The maximum atomic E-state index is 13.4. The molecule has 8 nitrogen and oxygen atoms in total. The second-order valence-electron chi connectivity index (χ2n) is 8.93. The first-order valence-electron chi connectivity index (χ1n) is 11.6. The molecule has 1 amide bonds. The molecule has 38 heavy (non-hydrogen) atoms. The van der Waals surface area contributed by atoms with Crippen molar-refractivity contribution in [3.63, 3.8) is 0 Å². The molecule has 0 spiro atoms. The zero-order chi connectivity index (χ0) is 26.9. The molecule has 2 N–H and O–H groups in total. The van der Waals surface area contributed by atoms with Crippen LogP contribution in [0.1, 0.15) is 24.3 Å². The third kappa shape index (κ3) is 5.50. The molecule has 1 aliphatic heterocycles. The van der Waals surface area contributed by atoms with Gasteiger partial charge in [-0.25, -0.2) is 19.2 Å². The van der Waals surface area contributed by atoms with E-state index in [-0.39, 0.29) is 19.0 Å². The van der Waals surface area contributed by atoms with Crippen LogP contribution in [0.25, 0.3) is 10.2 Å². The van der Waals surface area contributed by atoms with Crippen LogP contribution in [-0.2, 0) is 11.3 Å². The maximum absolute atomic E-state index is 13.4. The van der Waals surface area contributed by atoms with Crippen LogP contribution in [0, 0.1) is 17.7 Å². The number of nitrogens with zero attached hydrogens (tertiary/aromatic N) is 3. The fourth-order valence-corrected chi connectivity index (χ4v) is 5.20. The highest BCUT2D eigenvalue weighted by molar-refractivity contribution is 7.20.